The first-order valence-corrected chi connectivity index (χ1v) is 8.83. The number of carboxylic acids is 1. The van der Waals surface area contributed by atoms with Gasteiger partial charge in [-0.05, 0) is 38.7 Å². The number of aryl methyl sites for hydroxylation is 1. The smallest absolute Gasteiger partial charge is 0.347 e. The van der Waals surface area contributed by atoms with Crippen LogP contribution in [0.5, 0.6) is 5.75 Å². The number of rotatable bonds is 7. The first kappa shape index (κ1) is 17.9. The zero-order valence-corrected chi connectivity index (χ0v) is 15.7. The number of hydrogen-bond acceptors (Lipinski definition) is 5. The summed E-state index contributed by atoms with van der Waals surface area (Å²) in [6, 6.07) is 5.69. The number of nitrogens with zero attached hydrogens (tertiary/aromatic N) is 2. The maximum absolute atomic E-state index is 11.3. The molecule has 1 N–H and O–H groups in total. The Hall–Kier alpha value is -1.44. The molecule has 0 aliphatic rings. The van der Waals surface area contributed by atoms with E-state index in [1.54, 1.807) is 0 Å². The van der Waals surface area contributed by atoms with Crippen LogP contribution >= 0.6 is 27.3 Å². The van der Waals surface area contributed by atoms with Gasteiger partial charge in [0, 0.05) is 11.0 Å². The highest BCUT2D eigenvalue weighted by Crippen LogP contribution is 2.36. The summed E-state index contributed by atoms with van der Waals surface area (Å²) in [5.41, 5.74) is 1.42. The Balaban J connectivity index is 2.37. The Morgan fingerprint density at radius 3 is 2.74 bits per heavy atom. The van der Waals surface area contributed by atoms with E-state index in [1.165, 1.54) is 11.3 Å². The summed E-state index contributed by atoms with van der Waals surface area (Å²) in [4.78, 5) is 18.2. The van der Waals surface area contributed by atoms with Gasteiger partial charge in [-0.2, -0.15) is 0 Å². The predicted octanol–water partition coefficient (Wildman–Crippen LogP) is 3.77. The van der Waals surface area contributed by atoms with Crippen molar-refractivity contribution in [1.29, 1.82) is 0 Å². The lowest BCUT2D eigenvalue weighted by Gasteiger charge is -2.13. The number of benzene rings is 1. The molecule has 0 atom stereocenters. The Bertz CT molecular complexity index is 701. The first-order chi connectivity index (χ1) is 10.9. The molecule has 5 nitrogen and oxygen atoms in total. The SMILES string of the molecule is CCc1nc(-c2cc(Br)ccc2OCCN(C)C)sc1C(=O)O. The zero-order chi connectivity index (χ0) is 17.0. The number of likely N-dealkylation sites (N-methyl/N-ethyl adjacent to an activating group) is 1. The van der Waals surface area contributed by atoms with Crippen LogP contribution in [0.15, 0.2) is 22.7 Å². The molecule has 7 heteroatoms. The fraction of sp³-hybridized carbons (Fsp3) is 0.375. The first-order valence-electron chi connectivity index (χ1n) is 7.22. The minimum atomic E-state index is -0.935. The van der Waals surface area contributed by atoms with Crippen LogP contribution in [0.1, 0.15) is 22.3 Å². The molecule has 0 saturated heterocycles. The highest BCUT2D eigenvalue weighted by Gasteiger charge is 2.19. The molecule has 2 rings (SSSR count). The van der Waals surface area contributed by atoms with Gasteiger partial charge in [0.2, 0.25) is 0 Å². The third-order valence-corrected chi connectivity index (χ3v) is 4.81. The summed E-state index contributed by atoms with van der Waals surface area (Å²) in [6.45, 7) is 3.26. The van der Waals surface area contributed by atoms with Crippen LogP contribution in [0, 0.1) is 0 Å². The molecule has 23 heavy (non-hydrogen) atoms. The number of aromatic nitrogens is 1. The topological polar surface area (TPSA) is 62.7 Å². The predicted molar refractivity (Wildman–Crippen MR) is 95.6 cm³/mol. The van der Waals surface area contributed by atoms with Crippen LogP contribution in [0.25, 0.3) is 10.6 Å². The second-order valence-electron chi connectivity index (χ2n) is 5.25. The van der Waals surface area contributed by atoms with E-state index in [1.807, 2.05) is 44.1 Å². The normalized spacial score (nSPS) is 11.0. The minimum absolute atomic E-state index is 0.293. The van der Waals surface area contributed by atoms with Gasteiger partial charge in [-0.1, -0.05) is 22.9 Å². The maximum Gasteiger partial charge on any atom is 0.347 e. The fourth-order valence-corrected chi connectivity index (χ4v) is 3.38. The molecule has 0 aliphatic heterocycles. The highest BCUT2D eigenvalue weighted by molar-refractivity contribution is 9.10. The molecule has 2 aromatic rings. The molecule has 0 unspecified atom stereocenters. The molecule has 1 heterocycles. The van der Waals surface area contributed by atoms with Gasteiger partial charge >= 0.3 is 5.97 Å². The van der Waals surface area contributed by atoms with E-state index in [2.05, 4.69) is 20.9 Å². The molecule has 124 valence electrons. The number of halogens is 1. The van der Waals surface area contributed by atoms with E-state index in [-0.39, 0.29) is 0 Å². The second kappa shape index (κ2) is 7.90. The van der Waals surface area contributed by atoms with Crippen molar-refractivity contribution in [3.63, 3.8) is 0 Å². The van der Waals surface area contributed by atoms with Crippen LogP contribution in [-0.4, -0.2) is 48.2 Å². The van der Waals surface area contributed by atoms with E-state index in [9.17, 15) is 9.90 Å². The van der Waals surface area contributed by atoms with Gasteiger partial charge in [0.1, 0.15) is 22.2 Å². The lowest BCUT2D eigenvalue weighted by molar-refractivity contribution is 0.0701. The second-order valence-corrected chi connectivity index (χ2v) is 7.16. The highest BCUT2D eigenvalue weighted by atomic mass is 79.9. The number of carboxylic acid groups (broad SMARTS) is 1. The number of aromatic carboxylic acids is 1. The van der Waals surface area contributed by atoms with Crippen LogP contribution < -0.4 is 4.74 Å². The molecular weight excluding hydrogens is 380 g/mol. The Kier molecular flexibility index (Phi) is 6.15. The van der Waals surface area contributed by atoms with Gasteiger partial charge in [0.25, 0.3) is 0 Å². The molecule has 0 aliphatic carbocycles. The zero-order valence-electron chi connectivity index (χ0n) is 13.3. The van der Waals surface area contributed by atoms with E-state index >= 15 is 0 Å². The van der Waals surface area contributed by atoms with Crippen molar-refractivity contribution in [1.82, 2.24) is 9.88 Å². The Morgan fingerprint density at radius 2 is 2.17 bits per heavy atom. The van der Waals surface area contributed by atoms with Crippen LogP contribution in [0.4, 0.5) is 0 Å². The molecule has 0 spiro atoms. The quantitative estimate of drug-likeness (QED) is 0.768. The van der Waals surface area contributed by atoms with E-state index < -0.39 is 5.97 Å². The summed E-state index contributed by atoms with van der Waals surface area (Å²) in [6.07, 6.45) is 0.586. The third-order valence-electron chi connectivity index (χ3n) is 3.19. The number of carbonyl (C=O) groups is 1. The van der Waals surface area contributed by atoms with Crippen LogP contribution in [0.2, 0.25) is 0 Å². The lowest BCUT2D eigenvalue weighted by atomic mass is 10.2. The largest absolute Gasteiger partial charge is 0.492 e. The van der Waals surface area contributed by atoms with Crippen molar-refractivity contribution in [3.05, 3.63) is 33.2 Å². The summed E-state index contributed by atoms with van der Waals surface area (Å²) in [7, 11) is 3.97. The average molecular weight is 399 g/mol. The van der Waals surface area contributed by atoms with Gasteiger partial charge < -0.3 is 14.7 Å². The Labute approximate surface area is 148 Å². The molecule has 0 saturated carbocycles. The molecule has 0 radical (unpaired) electrons. The van der Waals surface area contributed by atoms with Crippen molar-refractivity contribution in [2.45, 2.75) is 13.3 Å². The molecule has 0 amide bonds. The molecule has 1 aromatic carbocycles. The lowest BCUT2D eigenvalue weighted by Crippen LogP contribution is -2.19. The van der Waals surface area contributed by atoms with Crippen LogP contribution in [-0.2, 0) is 6.42 Å². The van der Waals surface area contributed by atoms with Gasteiger partial charge in [0.05, 0.1) is 11.3 Å². The van der Waals surface area contributed by atoms with E-state index in [4.69, 9.17) is 4.74 Å². The molecular formula is C16H19BrN2O3S. The van der Waals surface area contributed by atoms with Crippen molar-refractivity contribution in [2.24, 2.45) is 0 Å². The summed E-state index contributed by atoms with van der Waals surface area (Å²) in [5, 5.41) is 9.97. The average Bonchev–Trinajstić information content (AvgIpc) is 2.92. The van der Waals surface area contributed by atoms with Gasteiger partial charge in [-0.15, -0.1) is 11.3 Å². The van der Waals surface area contributed by atoms with Crippen molar-refractivity contribution >= 4 is 33.2 Å². The van der Waals surface area contributed by atoms with Crippen molar-refractivity contribution in [2.75, 3.05) is 27.2 Å². The summed E-state index contributed by atoms with van der Waals surface area (Å²) >= 11 is 4.64. The standard InChI is InChI=1S/C16H19BrN2O3S/c1-4-12-14(16(20)21)23-15(18-12)11-9-10(17)5-6-13(11)22-8-7-19(2)3/h5-6,9H,4,7-8H2,1-3H3,(H,20,21). The summed E-state index contributed by atoms with van der Waals surface area (Å²) in [5.74, 6) is -0.223. The molecule has 0 bridgehead atoms. The number of hydrogen-bond donors (Lipinski definition) is 1. The molecule has 1 aromatic heterocycles. The Morgan fingerprint density at radius 1 is 1.43 bits per heavy atom. The third kappa shape index (κ3) is 4.53. The summed E-state index contributed by atoms with van der Waals surface area (Å²) < 4.78 is 6.76. The van der Waals surface area contributed by atoms with Gasteiger partial charge in [-0.25, -0.2) is 9.78 Å². The number of ether oxygens (including phenoxy) is 1. The van der Waals surface area contributed by atoms with Gasteiger partial charge in [-0.3, -0.25) is 0 Å². The fourth-order valence-electron chi connectivity index (χ4n) is 2.01. The monoisotopic (exact) mass is 398 g/mol. The molecule has 0 fully saturated rings. The van der Waals surface area contributed by atoms with E-state index in [0.29, 0.717) is 34.4 Å². The maximum atomic E-state index is 11.3. The van der Waals surface area contributed by atoms with Crippen molar-refractivity contribution < 1.29 is 14.6 Å². The van der Waals surface area contributed by atoms with E-state index in [0.717, 1.165) is 16.6 Å². The number of thiazole rings is 1. The van der Waals surface area contributed by atoms with Crippen molar-refractivity contribution in [3.8, 4) is 16.3 Å². The minimum Gasteiger partial charge on any atom is -0.492 e. The van der Waals surface area contributed by atoms with Gasteiger partial charge in [0.15, 0.2) is 0 Å². The van der Waals surface area contributed by atoms with Crippen LogP contribution in [0.3, 0.4) is 0 Å².